The summed E-state index contributed by atoms with van der Waals surface area (Å²) in [5, 5.41) is 31.5. The van der Waals surface area contributed by atoms with Crippen LogP contribution in [-0.2, 0) is 0 Å². The maximum absolute atomic E-state index is 11.9. The van der Waals surface area contributed by atoms with Gasteiger partial charge in [0, 0.05) is 29.0 Å². The molecule has 0 atom stereocenters. The number of aromatic hydroxyl groups is 1. The molecule has 10 heteroatoms. The van der Waals surface area contributed by atoms with Crippen LogP contribution < -0.4 is 10.2 Å². The number of aromatic amines is 1. The minimum Gasteiger partial charge on any atom is -0.508 e. The van der Waals surface area contributed by atoms with Crippen molar-refractivity contribution in [3.05, 3.63) is 84.3 Å². The molecule has 2 heterocycles. The number of rotatable bonds is 5. The first-order chi connectivity index (χ1) is 14.0. The van der Waals surface area contributed by atoms with E-state index in [9.17, 15) is 20.0 Å². The Balaban J connectivity index is 1.67. The van der Waals surface area contributed by atoms with Gasteiger partial charge in [0.15, 0.2) is 0 Å². The van der Waals surface area contributed by atoms with Gasteiger partial charge in [0.25, 0.3) is 5.69 Å². The number of hydrogen-bond acceptors (Lipinski definition) is 8. The highest BCUT2D eigenvalue weighted by Gasteiger charge is 2.18. The summed E-state index contributed by atoms with van der Waals surface area (Å²) >= 11 is 1.00. The van der Waals surface area contributed by atoms with Crippen LogP contribution >= 0.6 is 11.3 Å². The third-order valence-electron chi connectivity index (χ3n) is 4.06. The lowest BCUT2D eigenvalue weighted by atomic mass is 10.0. The van der Waals surface area contributed by atoms with E-state index < -0.39 is 4.92 Å². The third-order valence-corrected chi connectivity index (χ3v) is 4.89. The number of H-pyrrole nitrogens is 1. The lowest BCUT2D eigenvalue weighted by Crippen LogP contribution is -2.03. The SMILES string of the molecule is O=c1[nH]c(Nc2ccc(O)cc2)c(C=C2C=NN=C2c2cccc([N+](=O)[O-])c2)s1. The first kappa shape index (κ1) is 18.3. The van der Waals surface area contributed by atoms with Gasteiger partial charge < -0.3 is 10.4 Å². The number of thiazole rings is 1. The monoisotopic (exact) mass is 407 g/mol. The predicted molar refractivity (Wildman–Crippen MR) is 112 cm³/mol. The average molecular weight is 407 g/mol. The Labute approximate surface area is 167 Å². The van der Waals surface area contributed by atoms with Crippen molar-refractivity contribution in [2.45, 2.75) is 0 Å². The Morgan fingerprint density at radius 3 is 2.76 bits per heavy atom. The van der Waals surface area contributed by atoms with Gasteiger partial charge in [-0.1, -0.05) is 23.5 Å². The van der Waals surface area contributed by atoms with Gasteiger partial charge in [0.2, 0.25) is 0 Å². The molecule has 0 spiro atoms. The van der Waals surface area contributed by atoms with Crippen LogP contribution in [-0.4, -0.2) is 26.9 Å². The van der Waals surface area contributed by atoms with Gasteiger partial charge in [0.1, 0.15) is 17.3 Å². The van der Waals surface area contributed by atoms with Crippen molar-refractivity contribution in [2.24, 2.45) is 10.2 Å². The number of anilines is 2. The number of nitro benzene ring substituents is 1. The molecule has 0 fully saturated rings. The molecule has 29 heavy (non-hydrogen) atoms. The molecule has 1 aliphatic rings. The van der Waals surface area contributed by atoms with Crippen LogP contribution in [0.25, 0.3) is 6.08 Å². The Hall–Kier alpha value is -4.05. The summed E-state index contributed by atoms with van der Waals surface area (Å²) in [6.45, 7) is 0. The number of aromatic nitrogens is 1. The zero-order valence-corrected chi connectivity index (χ0v) is 15.5. The number of hydrogen-bond donors (Lipinski definition) is 3. The van der Waals surface area contributed by atoms with E-state index >= 15 is 0 Å². The number of phenolic OH excluding ortho intramolecular Hbond substituents is 1. The normalized spacial score (nSPS) is 14.2. The molecule has 1 aliphatic heterocycles. The molecule has 9 nitrogen and oxygen atoms in total. The quantitative estimate of drug-likeness (QED) is 0.337. The van der Waals surface area contributed by atoms with Gasteiger partial charge in [-0.25, -0.2) is 0 Å². The van der Waals surface area contributed by atoms with Crippen molar-refractivity contribution in [1.82, 2.24) is 4.98 Å². The Morgan fingerprint density at radius 2 is 2.00 bits per heavy atom. The number of benzene rings is 2. The molecule has 0 amide bonds. The van der Waals surface area contributed by atoms with E-state index in [4.69, 9.17) is 0 Å². The molecule has 3 N–H and O–H groups in total. The van der Waals surface area contributed by atoms with Gasteiger partial charge in [-0.05, 0) is 30.3 Å². The lowest BCUT2D eigenvalue weighted by Gasteiger charge is -2.06. The maximum atomic E-state index is 11.9. The smallest absolute Gasteiger partial charge is 0.306 e. The fourth-order valence-corrected chi connectivity index (χ4v) is 3.47. The molecule has 0 aliphatic carbocycles. The van der Waals surface area contributed by atoms with E-state index in [2.05, 4.69) is 20.5 Å². The highest BCUT2D eigenvalue weighted by molar-refractivity contribution is 7.10. The second-order valence-electron chi connectivity index (χ2n) is 6.03. The van der Waals surface area contributed by atoms with Crippen molar-refractivity contribution in [3.63, 3.8) is 0 Å². The summed E-state index contributed by atoms with van der Waals surface area (Å²) in [5.74, 6) is 0.619. The third kappa shape index (κ3) is 3.96. The fourth-order valence-electron chi connectivity index (χ4n) is 2.73. The zero-order valence-electron chi connectivity index (χ0n) is 14.7. The van der Waals surface area contributed by atoms with Crippen molar-refractivity contribution < 1.29 is 10.0 Å². The van der Waals surface area contributed by atoms with Crippen LogP contribution in [0, 0.1) is 10.1 Å². The van der Waals surface area contributed by atoms with E-state index in [1.54, 1.807) is 30.3 Å². The summed E-state index contributed by atoms with van der Waals surface area (Å²) < 4.78 is 0. The van der Waals surface area contributed by atoms with Crippen LogP contribution in [0.15, 0.2) is 69.1 Å². The number of phenols is 1. The van der Waals surface area contributed by atoms with Crippen molar-refractivity contribution >= 4 is 46.5 Å². The first-order valence-corrected chi connectivity index (χ1v) is 9.18. The molecule has 1 aromatic heterocycles. The largest absolute Gasteiger partial charge is 0.508 e. The van der Waals surface area contributed by atoms with Gasteiger partial charge in [-0.2, -0.15) is 5.10 Å². The Bertz CT molecular complexity index is 1240. The minimum atomic E-state index is -0.471. The summed E-state index contributed by atoms with van der Waals surface area (Å²) in [7, 11) is 0. The topological polar surface area (TPSA) is 133 Å². The molecule has 0 unspecified atom stereocenters. The zero-order chi connectivity index (χ0) is 20.4. The number of nitrogens with one attached hydrogen (secondary N) is 2. The number of nitrogens with zero attached hydrogens (tertiary/aromatic N) is 3. The van der Waals surface area contributed by atoms with E-state index in [0.29, 0.717) is 33.2 Å². The highest BCUT2D eigenvalue weighted by atomic mass is 32.1. The molecular weight excluding hydrogens is 394 g/mol. The van der Waals surface area contributed by atoms with E-state index in [0.717, 1.165) is 11.3 Å². The van der Waals surface area contributed by atoms with Gasteiger partial charge in [0.05, 0.1) is 16.0 Å². The first-order valence-electron chi connectivity index (χ1n) is 8.37. The van der Waals surface area contributed by atoms with Gasteiger partial charge in [-0.3, -0.25) is 19.9 Å². The Kier molecular flexibility index (Phi) is 4.75. The van der Waals surface area contributed by atoms with E-state index in [1.807, 2.05) is 0 Å². The summed E-state index contributed by atoms with van der Waals surface area (Å²) in [4.78, 5) is 25.6. The Morgan fingerprint density at radius 1 is 1.21 bits per heavy atom. The van der Waals surface area contributed by atoms with E-state index in [1.165, 1.54) is 30.5 Å². The summed E-state index contributed by atoms with van der Waals surface area (Å²) in [5.41, 5.74) is 2.29. The molecule has 3 aromatic rings. The highest BCUT2D eigenvalue weighted by Crippen LogP contribution is 2.26. The fraction of sp³-hybridized carbons (Fsp3) is 0. The van der Waals surface area contributed by atoms with Crippen LogP contribution in [0.5, 0.6) is 5.75 Å². The minimum absolute atomic E-state index is 0.0440. The predicted octanol–water partition coefficient (Wildman–Crippen LogP) is 3.67. The van der Waals surface area contributed by atoms with Gasteiger partial charge in [-0.15, -0.1) is 5.10 Å². The number of allylic oxidation sites excluding steroid dienone is 1. The molecule has 0 saturated carbocycles. The molecule has 2 aromatic carbocycles. The lowest BCUT2D eigenvalue weighted by molar-refractivity contribution is -0.384. The molecule has 4 rings (SSSR count). The van der Waals surface area contributed by atoms with Crippen molar-refractivity contribution in [2.75, 3.05) is 5.32 Å². The maximum Gasteiger partial charge on any atom is 0.306 e. The average Bonchev–Trinajstić information content (AvgIpc) is 3.30. The molecule has 144 valence electrons. The van der Waals surface area contributed by atoms with Crippen LogP contribution in [0.1, 0.15) is 10.4 Å². The second-order valence-corrected chi connectivity index (χ2v) is 7.04. The molecule has 0 radical (unpaired) electrons. The van der Waals surface area contributed by atoms with Crippen LogP contribution in [0.3, 0.4) is 0 Å². The van der Waals surface area contributed by atoms with Gasteiger partial charge >= 0.3 is 4.87 Å². The van der Waals surface area contributed by atoms with Crippen molar-refractivity contribution in [3.8, 4) is 5.75 Å². The van der Waals surface area contributed by atoms with Crippen LogP contribution in [0.4, 0.5) is 17.2 Å². The second kappa shape index (κ2) is 7.52. The summed E-state index contributed by atoms with van der Waals surface area (Å²) in [6, 6.07) is 12.5. The molecular formula is C19H13N5O4S. The summed E-state index contributed by atoms with van der Waals surface area (Å²) in [6.07, 6.45) is 3.27. The van der Waals surface area contributed by atoms with Crippen LogP contribution in [0.2, 0.25) is 0 Å². The number of nitro groups is 1. The standard InChI is InChI=1S/C19H13N5O4S/c25-15-6-4-13(5-7-15)21-18-16(29-19(26)22-18)9-12-10-20-23-17(12)11-2-1-3-14(8-11)24(27)28/h1-10,21,25H,(H,22,26). The molecule has 0 bridgehead atoms. The van der Waals surface area contributed by atoms with E-state index in [-0.39, 0.29) is 16.3 Å². The molecule has 0 saturated heterocycles. The van der Waals surface area contributed by atoms with Crippen molar-refractivity contribution in [1.29, 1.82) is 0 Å². The number of non-ortho nitro benzene ring substituents is 1.